The van der Waals surface area contributed by atoms with E-state index in [4.69, 9.17) is 10.6 Å². The van der Waals surface area contributed by atoms with Crippen molar-refractivity contribution in [3.05, 3.63) is 11.4 Å². The normalized spacial score (nSPS) is 11.4. The Morgan fingerprint density at radius 2 is 1.83 bits per heavy atom. The lowest BCUT2D eigenvalue weighted by atomic mass is 9.95. The largest absolute Gasteiger partial charge is 0.383 e. The monoisotopic (exact) mass is 253 g/mol. The number of hydrogen-bond acceptors (Lipinski definition) is 6. The number of methoxy groups -OCH3 is 1. The SMILES string of the molecule is COCCNc1nc(C(C)(C)C)nc(NN)c1C. The molecule has 1 aromatic heterocycles. The number of aromatic nitrogens is 2. The molecular weight excluding hydrogens is 230 g/mol. The van der Waals surface area contributed by atoms with Crippen molar-refractivity contribution < 1.29 is 4.74 Å². The molecule has 0 amide bonds. The number of hydrogen-bond donors (Lipinski definition) is 3. The van der Waals surface area contributed by atoms with Crippen LogP contribution in [0, 0.1) is 6.92 Å². The van der Waals surface area contributed by atoms with Gasteiger partial charge in [-0.15, -0.1) is 0 Å². The van der Waals surface area contributed by atoms with Gasteiger partial charge in [-0.1, -0.05) is 20.8 Å². The van der Waals surface area contributed by atoms with Crippen molar-refractivity contribution in [3.63, 3.8) is 0 Å². The maximum atomic E-state index is 5.49. The maximum absolute atomic E-state index is 5.49. The molecule has 0 saturated carbocycles. The number of nitrogens with one attached hydrogen (secondary N) is 2. The quantitative estimate of drug-likeness (QED) is 0.418. The standard InChI is InChI=1S/C12H23N5O/c1-8-9(14-6-7-18-5)15-11(12(2,3)4)16-10(8)17-13/h6-7,13H2,1-5H3,(H2,14,15,16,17). The molecule has 0 aliphatic heterocycles. The van der Waals surface area contributed by atoms with Crippen molar-refractivity contribution in [1.82, 2.24) is 9.97 Å². The lowest BCUT2D eigenvalue weighted by Gasteiger charge is -2.20. The van der Waals surface area contributed by atoms with Crippen LogP contribution in [0.25, 0.3) is 0 Å². The minimum Gasteiger partial charge on any atom is -0.383 e. The van der Waals surface area contributed by atoms with E-state index >= 15 is 0 Å². The molecule has 0 unspecified atom stereocenters. The summed E-state index contributed by atoms with van der Waals surface area (Å²) in [5.74, 6) is 7.68. The first kappa shape index (κ1) is 14.7. The number of anilines is 2. The molecule has 1 aromatic rings. The summed E-state index contributed by atoms with van der Waals surface area (Å²) in [4.78, 5) is 8.98. The van der Waals surface area contributed by atoms with E-state index in [1.165, 1.54) is 0 Å². The van der Waals surface area contributed by atoms with Crippen molar-refractivity contribution in [1.29, 1.82) is 0 Å². The third-order valence-electron chi connectivity index (χ3n) is 2.55. The molecule has 0 radical (unpaired) electrons. The second-order valence-corrected chi connectivity index (χ2v) is 5.18. The molecule has 0 bridgehead atoms. The molecule has 0 aromatic carbocycles. The average molecular weight is 253 g/mol. The zero-order valence-corrected chi connectivity index (χ0v) is 11.8. The summed E-state index contributed by atoms with van der Waals surface area (Å²) in [6.07, 6.45) is 0. The number of ether oxygens (including phenoxy) is 1. The number of nitrogens with two attached hydrogens (primary N) is 1. The van der Waals surface area contributed by atoms with Crippen LogP contribution in [0.1, 0.15) is 32.2 Å². The summed E-state index contributed by atoms with van der Waals surface area (Å²) in [6.45, 7) is 9.45. The Labute approximate surface area is 108 Å². The van der Waals surface area contributed by atoms with Crippen molar-refractivity contribution in [3.8, 4) is 0 Å². The first-order valence-electron chi connectivity index (χ1n) is 5.98. The van der Waals surface area contributed by atoms with E-state index in [9.17, 15) is 0 Å². The summed E-state index contributed by atoms with van der Waals surface area (Å²) in [6, 6.07) is 0. The van der Waals surface area contributed by atoms with Crippen LogP contribution in [0.5, 0.6) is 0 Å². The molecule has 0 fully saturated rings. The van der Waals surface area contributed by atoms with E-state index in [2.05, 4.69) is 41.5 Å². The van der Waals surface area contributed by atoms with Crippen LogP contribution in [0.3, 0.4) is 0 Å². The van der Waals surface area contributed by atoms with Crippen LogP contribution in [-0.4, -0.2) is 30.2 Å². The Kier molecular flexibility index (Phi) is 4.86. The predicted molar refractivity (Wildman–Crippen MR) is 73.6 cm³/mol. The Morgan fingerprint density at radius 3 is 2.33 bits per heavy atom. The molecular formula is C12H23N5O. The van der Waals surface area contributed by atoms with Crippen molar-refractivity contribution in [2.24, 2.45) is 5.84 Å². The smallest absolute Gasteiger partial charge is 0.148 e. The third kappa shape index (κ3) is 3.54. The van der Waals surface area contributed by atoms with Gasteiger partial charge in [-0.25, -0.2) is 15.8 Å². The molecule has 0 aliphatic rings. The fraction of sp³-hybridized carbons (Fsp3) is 0.667. The van der Waals surface area contributed by atoms with Gasteiger partial charge in [-0.2, -0.15) is 0 Å². The first-order chi connectivity index (χ1) is 8.40. The number of hydrazine groups is 1. The molecule has 0 atom stereocenters. The molecule has 0 spiro atoms. The van der Waals surface area contributed by atoms with E-state index < -0.39 is 0 Å². The van der Waals surface area contributed by atoms with Gasteiger partial charge in [0.05, 0.1) is 6.61 Å². The van der Waals surface area contributed by atoms with Gasteiger partial charge < -0.3 is 15.5 Å². The fourth-order valence-corrected chi connectivity index (χ4v) is 1.44. The van der Waals surface area contributed by atoms with E-state index in [-0.39, 0.29) is 5.41 Å². The summed E-state index contributed by atoms with van der Waals surface area (Å²) in [7, 11) is 1.67. The molecule has 0 aliphatic carbocycles. The lowest BCUT2D eigenvalue weighted by molar-refractivity contribution is 0.210. The molecule has 18 heavy (non-hydrogen) atoms. The minimum absolute atomic E-state index is 0.128. The van der Waals surface area contributed by atoms with Gasteiger partial charge in [0.1, 0.15) is 17.5 Å². The van der Waals surface area contributed by atoms with Crippen molar-refractivity contribution in [2.45, 2.75) is 33.1 Å². The van der Waals surface area contributed by atoms with Crippen molar-refractivity contribution in [2.75, 3.05) is 31.0 Å². The van der Waals surface area contributed by atoms with Gasteiger partial charge in [0.2, 0.25) is 0 Å². The molecule has 102 valence electrons. The molecule has 1 rings (SSSR count). The summed E-state index contributed by atoms with van der Waals surface area (Å²) in [5.41, 5.74) is 3.39. The maximum Gasteiger partial charge on any atom is 0.148 e. The van der Waals surface area contributed by atoms with Crippen LogP contribution in [0.2, 0.25) is 0 Å². The van der Waals surface area contributed by atoms with Gasteiger partial charge in [-0.3, -0.25) is 0 Å². The summed E-state index contributed by atoms with van der Waals surface area (Å²) in [5, 5.41) is 3.23. The highest BCUT2D eigenvalue weighted by Gasteiger charge is 2.20. The van der Waals surface area contributed by atoms with Gasteiger partial charge in [0.15, 0.2) is 0 Å². The van der Waals surface area contributed by atoms with E-state index in [0.29, 0.717) is 19.0 Å². The Bertz CT molecular complexity index is 400. The van der Waals surface area contributed by atoms with Crippen molar-refractivity contribution >= 4 is 11.6 Å². The Hall–Kier alpha value is -1.40. The highest BCUT2D eigenvalue weighted by Crippen LogP contribution is 2.25. The van der Waals surface area contributed by atoms with Crippen LogP contribution >= 0.6 is 0 Å². The van der Waals surface area contributed by atoms with Gasteiger partial charge >= 0.3 is 0 Å². The fourth-order valence-electron chi connectivity index (χ4n) is 1.44. The molecule has 4 N–H and O–H groups in total. The van der Waals surface area contributed by atoms with E-state index in [1.807, 2.05) is 6.92 Å². The summed E-state index contributed by atoms with van der Waals surface area (Å²) >= 11 is 0. The lowest BCUT2D eigenvalue weighted by Crippen LogP contribution is -2.22. The molecule has 6 heteroatoms. The number of nitrogen functional groups attached to an aromatic ring is 1. The Balaban J connectivity index is 3.07. The van der Waals surface area contributed by atoms with Crippen LogP contribution in [-0.2, 0) is 10.2 Å². The highest BCUT2D eigenvalue weighted by atomic mass is 16.5. The topological polar surface area (TPSA) is 85.1 Å². The van der Waals surface area contributed by atoms with Gasteiger partial charge in [0.25, 0.3) is 0 Å². The zero-order valence-electron chi connectivity index (χ0n) is 11.8. The second kappa shape index (κ2) is 5.97. The minimum atomic E-state index is -0.128. The zero-order chi connectivity index (χ0) is 13.8. The molecule has 0 saturated heterocycles. The van der Waals surface area contributed by atoms with E-state index in [1.54, 1.807) is 7.11 Å². The third-order valence-corrected chi connectivity index (χ3v) is 2.55. The van der Waals surface area contributed by atoms with E-state index in [0.717, 1.165) is 17.2 Å². The van der Waals surface area contributed by atoms with Crippen LogP contribution in [0.4, 0.5) is 11.6 Å². The molecule has 6 nitrogen and oxygen atoms in total. The van der Waals surface area contributed by atoms with Gasteiger partial charge in [-0.05, 0) is 6.92 Å². The number of nitrogens with zero attached hydrogens (tertiary/aromatic N) is 2. The van der Waals surface area contributed by atoms with Gasteiger partial charge in [0, 0.05) is 24.6 Å². The van der Waals surface area contributed by atoms with Crippen LogP contribution in [0.15, 0.2) is 0 Å². The second-order valence-electron chi connectivity index (χ2n) is 5.18. The number of rotatable bonds is 5. The van der Waals surface area contributed by atoms with Crippen LogP contribution < -0.4 is 16.6 Å². The Morgan fingerprint density at radius 1 is 1.22 bits per heavy atom. The molecule has 1 heterocycles. The highest BCUT2D eigenvalue weighted by molar-refractivity contribution is 5.57. The summed E-state index contributed by atoms with van der Waals surface area (Å²) < 4.78 is 5.01. The first-order valence-corrected chi connectivity index (χ1v) is 5.98. The predicted octanol–water partition coefficient (Wildman–Crippen LogP) is 1.43. The average Bonchev–Trinajstić information content (AvgIpc) is 2.30.